The Hall–Kier alpha value is -4.57. The van der Waals surface area contributed by atoms with E-state index < -0.39 is 18.0 Å². The van der Waals surface area contributed by atoms with Crippen LogP contribution in [0.15, 0.2) is 72.8 Å². The summed E-state index contributed by atoms with van der Waals surface area (Å²) < 4.78 is 0. The molecule has 3 fully saturated rings. The fraction of sp³-hybridized carbons (Fsp3) is 0.344. The van der Waals surface area contributed by atoms with Gasteiger partial charge in [-0.15, -0.1) is 0 Å². The number of carbonyl (C=O) groups is 4. The number of imide groups is 1. The zero-order valence-electron chi connectivity index (χ0n) is 23.4. The number of piperidine rings is 1. The number of amides is 5. The lowest BCUT2D eigenvalue weighted by Gasteiger charge is -2.43. The van der Waals surface area contributed by atoms with E-state index in [-0.39, 0.29) is 18.2 Å². The maximum Gasteiger partial charge on any atom is 0.322 e. The molecule has 1 atom stereocenters. The van der Waals surface area contributed by atoms with E-state index >= 15 is 0 Å². The van der Waals surface area contributed by atoms with Crippen LogP contribution in [0.5, 0.6) is 0 Å². The standard InChI is InChI=1S/C32H34N6O4/c39-29(21-28-30(40)35-32(42)34-28)37-13-11-25(12-14-37)36-15-17-38(18-16-36)31(41)24-19-26(22-7-3-1-4-8-22)33-27(20-24)23-9-5-2-6-10-23/h1-10,19-20,25,28H,11-18,21H2,(H2,34,35,40,42). The molecular weight excluding hydrogens is 532 g/mol. The summed E-state index contributed by atoms with van der Waals surface area (Å²) in [6.45, 7) is 4.07. The molecule has 3 aromatic rings. The van der Waals surface area contributed by atoms with Crippen molar-refractivity contribution in [1.29, 1.82) is 0 Å². The van der Waals surface area contributed by atoms with Gasteiger partial charge in [0.25, 0.3) is 11.8 Å². The number of nitrogens with one attached hydrogen (secondary N) is 2. The van der Waals surface area contributed by atoms with Gasteiger partial charge in [0, 0.05) is 62.0 Å². The molecule has 6 rings (SSSR count). The number of aromatic nitrogens is 1. The second-order valence-electron chi connectivity index (χ2n) is 11.0. The molecule has 2 aromatic carbocycles. The summed E-state index contributed by atoms with van der Waals surface area (Å²) in [7, 11) is 0. The van der Waals surface area contributed by atoms with E-state index in [1.165, 1.54) is 0 Å². The van der Waals surface area contributed by atoms with Crippen molar-refractivity contribution in [1.82, 2.24) is 30.3 Å². The van der Waals surface area contributed by atoms with E-state index in [0.29, 0.717) is 37.8 Å². The van der Waals surface area contributed by atoms with Crippen molar-refractivity contribution in [2.24, 2.45) is 0 Å². The van der Waals surface area contributed by atoms with Crippen molar-refractivity contribution in [3.8, 4) is 22.5 Å². The van der Waals surface area contributed by atoms with Crippen molar-refractivity contribution in [2.45, 2.75) is 31.3 Å². The SMILES string of the molecule is O=C1NC(=O)C(CC(=O)N2CCC(N3CCN(C(=O)c4cc(-c5ccccc5)nc(-c5ccccc5)c4)CC3)CC2)N1. The number of hydrogen-bond donors (Lipinski definition) is 2. The molecule has 0 saturated carbocycles. The van der Waals surface area contributed by atoms with Crippen molar-refractivity contribution < 1.29 is 19.2 Å². The molecule has 1 aromatic heterocycles. The van der Waals surface area contributed by atoms with Gasteiger partial charge >= 0.3 is 6.03 Å². The lowest BCUT2D eigenvalue weighted by molar-refractivity contribution is -0.135. The highest BCUT2D eigenvalue weighted by Crippen LogP contribution is 2.26. The number of nitrogens with zero attached hydrogens (tertiary/aromatic N) is 4. The minimum atomic E-state index is -0.790. The number of carbonyl (C=O) groups excluding carboxylic acids is 4. The van der Waals surface area contributed by atoms with Crippen LogP contribution in [0.1, 0.15) is 29.6 Å². The van der Waals surface area contributed by atoms with E-state index in [4.69, 9.17) is 4.98 Å². The molecule has 5 amide bonds. The van der Waals surface area contributed by atoms with Gasteiger partial charge in [0.1, 0.15) is 6.04 Å². The normalized spacial score (nSPS) is 19.9. The molecular formula is C32H34N6O4. The van der Waals surface area contributed by atoms with E-state index in [1.54, 1.807) is 4.90 Å². The largest absolute Gasteiger partial charge is 0.343 e. The Morgan fingerprint density at radius 3 is 1.86 bits per heavy atom. The molecule has 3 saturated heterocycles. The lowest BCUT2D eigenvalue weighted by Crippen LogP contribution is -2.55. The van der Waals surface area contributed by atoms with E-state index in [9.17, 15) is 19.2 Å². The minimum absolute atomic E-state index is 0.00914. The van der Waals surface area contributed by atoms with Crippen molar-refractivity contribution in [2.75, 3.05) is 39.3 Å². The van der Waals surface area contributed by atoms with Gasteiger partial charge in [-0.3, -0.25) is 24.6 Å². The van der Waals surface area contributed by atoms with E-state index in [1.807, 2.05) is 77.7 Å². The number of likely N-dealkylation sites (tertiary alicyclic amines) is 1. The van der Waals surface area contributed by atoms with Crippen LogP contribution in [0.4, 0.5) is 4.79 Å². The number of pyridine rings is 1. The molecule has 0 aliphatic carbocycles. The van der Waals surface area contributed by atoms with Gasteiger partial charge in [0.15, 0.2) is 0 Å². The first kappa shape index (κ1) is 27.6. The maximum absolute atomic E-state index is 13.7. The third kappa shape index (κ3) is 6.03. The molecule has 10 nitrogen and oxygen atoms in total. The molecule has 3 aliphatic rings. The summed E-state index contributed by atoms with van der Waals surface area (Å²) in [6, 6.07) is 22.6. The molecule has 0 radical (unpaired) electrons. The van der Waals surface area contributed by atoms with Gasteiger partial charge in [-0.25, -0.2) is 9.78 Å². The van der Waals surface area contributed by atoms with Gasteiger partial charge in [-0.1, -0.05) is 60.7 Å². The summed E-state index contributed by atoms with van der Waals surface area (Å²) in [6.07, 6.45) is 1.66. The molecule has 3 aliphatic heterocycles. The predicted molar refractivity (Wildman–Crippen MR) is 157 cm³/mol. The Labute approximate surface area is 244 Å². The molecule has 216 valence electrons. The lowest BCUT2D eigenvalue weighted by atomic mass is 10.0. The summed E-state index contributed by atoms with van der Waals surface area (Å²) in [5, 5.41) is 4.66. The fourth-order valence-electron chi connectivity index (χ4n) is 6.03. The highest BCUT2D eigenvalue weighted by Gasteiger charge is 2.35. The first-order valence-corrected chi connectivity index (χ1v) is 14.5. The molecule has 4 heterocycles. The highest BCUT2D eigenvalue weighted by molar-refractivity contribution is 6.05. The average molecular weight is 567 g/mol. The van der Waals surface area contributed by atoms with Crippen LogP contribution in [-0.4, -0.2) is 94.8 Å². The Morgan fingerprint density at radius 1 is 0.762 bits per heavy atom. The van der Waals surface area contributed by atoms with Crippen LogP contribution >= 0.6 is 0 Å². The fourth-order valence-corrected chi connectivity index (χ4v) is 6.03. The van der Waals surface area contributed by atoms with Gasteiger partial charge in [-0.05, 0) is 25.0 Å². The van der Waals surface area contributed by atoms with Crippen LogP contribution in [0.25, 0.3) is 22.5 Å². The van der Waals surface area contributed by atoms with Crippen LogP contribution in [0.2, 0.25) is 0 Å². The van der Waals surface area contributed by atoms with Crippen LogP contribution in [0.3, 0.4) is 0 Å². The third-order valence-corrected chi connectivity index (χ3v) is 8.38. The smallest absolute Gasteiger partial charge is 0.322 e. The minimum Gasteiger partial charge on any atom is -0.343 e. The molecule has 0 spiro atoms. The molecule has 0 bridgehead atoms. The number of urea groups is 1. The van der Waals surface area contributed by atoms with Gasteiger partial charge in [-0.2, -0.15) is 0 Å². The quantitative estimate of drug-likeness (QED) is 0.444. The van der Waals surface area contributed by atoms with Gasteiger partial charge in [0.05, 0.1) is 17.8 Å². The number of hydrogen-bond acceptors (Lipinski definition) is 6. The van der Waals surface area contributed by atoms with Crippen LogP contribution in [-0.2, 0) is 9.59 Å². The Bertz CT molecular complexity index is 1410. The summed E-state index contributed by atoms with van der Waals surface area (Å²) >= 11 is 0. The number of benzene rings is 2. The molecule has 1 unspecified atom stereocenters. The van der Waals surface area contributed by atoms with E-state index in [0.717, 1.165) is 48.4 Å². The van der Waals surface area contributed by atoms with Crippen LogP contribution < -0.4 is 10.6 Å². The Balaban J connectivity index is 1.07. The van der Waals surface area contributed by atoms with Crippen molar-refractivity contribution in [3.63, 3.8) is 0 Å². The summed E-state index contributed by atoms with van der Waals surface area (Å²) in [5.41, 5.74) is 4.12. The third-order valence-electron chi connectivity index (χ3n) is 8.38. The first-order valence-electron chi connectivity index (χ1n) is 14.5. The summed E-state index contributed by atoms with van der Waals surface area (Å²) in [4.78, 5) is 60.6. The summed E-state index contributed by atoms with van der Waals surface area (Å²) in [5.74, 6) is -0.557. The van der Waals surface area contributed by atoms with Crippen molar-refractivity contribution in [3.05, 3.63) is 78.4 Å². The van der Waals surface area contributed by atoms with Crippen LogP contribution in [0, 0.1) is 0 Å². The number of rotatable bonds is 6. The Morgan fingerprint density at radius 2 is 1.33 bits per heavy atom. The Kier molecular flexibility index (Phi) is 7.96. The molecule has 2 N–H and O–H groups in total. The highest BCUT2D eigenvalue weighted by atomic mass is 16.2. The topological polar surface area (TPSA) is 115 Å². The monoisotopic (exact) mass is 566 g/mol. The maximum atomic E-state index is 13.7. The second kappa shape index (κ2) is 12.1. The second-order valence-corrected chi connectivity index (χ2v) is 11.0. The molecule has 42 heavy (non-hydrogen) atoms. The number of piperazine rings is 1. The first-order chi connectivity index (χ1) is 20.4. The van der Waals surface area contributed by atoms with Gasteiger partial charge in [0.2, 0.25) is 5.91 Å². The van der Waals surface area contributed by atoms with Crippen molar-refractivity contribution >= 4 is 23.8 Å². The van der Waals surface area contributed by atoms with E-state index in [2.05, 4.69) is 15.5 Å². The van der Waals surface area contributed by atoms with Gasteiger partial charge < -0.3 is 15.1 Å². The zero-order valence-corrected chi connectivity index (χ0v) is 23.4. The molecule has 10 heteroatoms. The average Bonchev–Trinajstić information content (AvgIpc) is 3.37. The predicted octanol–water partition coefficient (Wildman–Crippen LogP) is 2.76. The zero-order chi connectivity index (χ0) is 29.1.